The van der Waals surface area contributed by atoms with Crippen molar-refractivity contribution in [2.75, 3.05) is 37.8 Å². The second-order valence-corrected chi connectivity index (χ2v) is 5.93. The first-order chi connectivity index (χ1) is 11.1. The van der Waals surface area contributed by atoms with Crippen molar-refractivity contribution in [3.05, 3.63) is 59.7 Å². The van der Waals surface area contributed by atoms with Crippen LogP contribution < -0.4 is 10.6 Å². The second kappa shape index (κ2) is 8.34. The fraction of sp³-hybridized carbons (Fsp3) is 0.316. The number of anilines is 2. The lowest BCUT2D eigenvalue weighted by Crippen LogP contribution is -2.16. The second-order valence-electron chi connectivity index (χ2n) is 5.93. The molecule has 0 fully saturated rings. The van der Waals surface area contributed by atoms with Crippen LogP contribution in [0, 0.1) is 6.92 Å². The average molecular weight is 311 g/mol. The smallest absolute Gasteiger partial charge is 0.255 e. The van der Waals surface area contributed by atoms with Gasteiger partial charge in [0.15, 0.2) is 0 Å². The SMILES string of the molecule is Cc1ccccc1C(=O)Nc1ccc(NCCCN(C)C)cc1. The number of hydrogen-bond acceptors (Lipinski definition) is 3. The Morgan fingerprint density at radius 1 is 1.00 bits per heavy atom. The summed E-state index contributed by atoms with van der Waals surface area (Å²) in [6.45, 7) is 3.94. The number of carbonyl (C=O) groups excluding carboxylic acids is 1. The number of benzene rings is 2. The molecule has 1 amide bonds. The standard InChI is InChI=1S/C19H25N3O/c1-15-7-4-5-8-18(15)19(23)21-17-11-9-16(10-12-17)20-13-6-14-22(2)3/h4-5,7-12,20H,6,13-14H2,1-3H3,(H,21,23). The number of carbonyl (C=O) groups is 1. The molecule has 2 N–H and O–H groups in total. The van der Waals surface area contributed by atoms with Crippen molar-refractivity contribution in [2.24, 2.45) is 0 Å². The van der Waals surface area contributed by atoms with E-state index in [1.165, 1.54) is 0 Å². The Hall–Kier alpha value is -2.33. The Bertz CT molecular complexity index is 635. The van der Waals surface area contributed by atoms with Crippen LogP contribution in [0.3, 0.4) is 0 Å². The zero-order chi connectivity index (χ0) is 16.7. The zero-order valence-corrected chi connectivity index (χ0v) is 14.1. The van der Waals surface area contributed by atoms with Gasteiger partial charge < -0.3 is 15.5 Å². The molecule has 0 aromatic heterocycles. The predicted molar refractivity (Wildman–Crippen MR) is 97.2 cm³/mol. The van der Waals surface area contributed by atoms with E-state index >= 15 is 0 Å². The Kier molecular flexibility index (Phi) is 6.18. The van der Waals surface area contributed by atoms with Gasteiger partial charge in [0.1, 0.15) is 0 Å². The minimum Gasteiger partial charge on any atom is -0.385 e. The highest BCUT2D eigenvalue weighted by atomic mass is 16.1. The maximum Gasteiger partial charge on any atom is 0.255 e. The molecule has 0 unspecified atom stereocenters. The topological polar surface area (TPSA) is 44.4 Å². The van der Waals surface area contributed by atoms with Crippen LogP contribution in [0.1, 0.15) is 22.3 Å². The molecule has 0 aliphatic rings. The van der Waals surface area contributed by atoms with Crippen molar-refractivity contribution in [3.63, 3.8) is 0 Å². The number of rotatable bonds is 7. The summed E-state index contributed by atoms with van der Waals surface area (Å²) in [4.78, 5) is 14.4. The molecule has 0 spiro atoms. The van der Waals surface area contributed by atoms with Crippen LogP contribution in [0.15, 0.2) is 48.5 Å². The highest BCUT2D eigenvalue weighted by molar-refractivity contribution is 6.05. The van der Waals surface area contributed by atoms with Gasteiger partial charge in [-0.05, 0) is 69.9 Å². The molecule has 0 radical (unpaired) electrons. The fourth-order valence-corrected chi connectivity index (χ4v) is 2.33. The number of hydrogen-bond donors (Lipinski definition) is 2. The van der Waals surface area contributed by atoms with E-state index in [1.807, 2.05) is 55.5 Å². The van der Waals surface area contributed by atoms with E-state index in [1.54, 1.807) is 0 Å². The third-order valence-corrected chi connectivity index (χ3v) is 3.64. The number of aryl methyl sites for hydroxylation is 1. The van der Waals surface area contributed by atoms with Crippen LogP contribution in [0.2, 0.25) is 0 Å². The Morgan fingerprint density at radius 2 is 1.65 bits per heavy atom. The van der Waals surface area contributed by atoms with Crippen LogP contribution in [-0.2, 0) is 0 Å². The lowest BCUT2D eigenvalue weighted by atomic mass is 10.1. The fourth-order valence-electron chi connectivity index (χ4n) is 2.33. The van der Waals surface area contributed by atoms with Crippen LogP contribution in [0.25, 0.3) is 0 Å². The highest BCUT2D eigenvalue weighted by Gasteiger charge is 2.08. The molecule has 2 rings (SSSR count). The van der Waals surface area contributed by atoms with Gasteiger partial charge in [-0.1, -0.05) is 18.2 Å². The lowest BCUT2D eigenvalue weighted by Gasteiger charge is -2.11. The molecule has 0 aliphatic carbocycles. The molecule has 2 aromatic carbocycles. The van der Waals surface area contributed by atoms with Crippen LogP contribution >= 0.6 is 0 Å². The van der Waals surface area contributed by atoms with Gasteiger partial charge in [0.2, 0.25) is 0 Å². The molecular weight excluding hydrogens is 286 g/mol. The molecule has 4 nitrogen and oxygen atoms in total. The van der Waals surface area contributed by atoms with E-state index in [-0.39, 0.29) is 5.91 Å². The molecular formula is C19H25N3O. The van der Waals surface area contributed by atoms with Crippen molar-refractivity contribution in [2.45, 2.75) is 13.3 Å². The largest absolute Gasteiger partial charge is 0.385 e. The Balaban J connectivity index is 1.87. The van der Waals surface area contributed by atoms with E-state index in [2.05, 4.69) is 29.6 Å². The number of nitrogens with zero attached hydrogens (tertiary/aromatic N) is 1. The van der Waals surface area contributed by atoms with E-state index in [0.29, 0.717) is 5.56 Å². The predicted octanol–water partition coefficient (Wildman–Crippen LogP) is 3.61. The van der Waals surface area contributed by atoms with Crippen molar-refractivity contribution in [1.29, 1.82) is 0 Å². The van der Waals surface area contributed by atoms with Crippen molar-refractivity contribution >= 4 is 17.3 Å². The normalized spacial score (nSPS) is 10.6. The lowest BCUT2D eigenvalue weighted by molar-refractivity contribution is 0.102. The molecule has 23 heavy (non-hydrogen) atoms. The zero-order valence-electron chi connectivity index (χ0n) is 14.1. The number of amides is 1. The Morgan fingerprint density at radius 3 is 2.30 bits per heavy atom. The quantitative estimate of drug-likeness (QED) is 0.768. The first-order valence-electron chi connectivity index (χ1n) is 7.92. The van der Waals surface area contributed by atoms with Gasteiger partial charge in [0.25, 0.3) is 5.91 Å². The number of nitrogens with one attached hydrogen (secondary N) is 2. The van der Waals surface area contributed by atoms with Gasteiger partial charge in [-0.2, -0.15) is 0 Å². The van der Waals surface area contributed by atoms with Gasteiger partial charge in [-0.3, -0.25) is 4.79 Å². The van der Waals surface area contributed by atoms with E-state index in [0.717, 1.165) is 36.4 Å². The van der Waals surface area contributed by atoms with Crippen LogP contribution in [0.5, 0.6) is 0 Å². The molecule has 122 valence electrons. The molecule has 0 bridgehead atoms. The molecule has 0 heterocycles. The van der Waals surface area contributed by atoms with E-state index in [9.17, 15) is 4.79 Å². The molecule has 0 saturated carbocycles. The van der Waals surface area contributed by atoms with Gasteiger partial charge in [0.05, 0.1) is 0 Å². The molecule has 0 aliphatic heterocycles. The third-order valence-electron chi connectivity index (χ3n) is 3.64. The summed E-state index contributed by atoms with van der Waals surface area (Å²) in [6, 6.07) is 15.4. The maximum atomic E-state index is 12.3. The highest BCUT2D eigenvalue weighted by Crippen LogP contribution is 2.15. The van der Waals surface area contributed by atoms with Gasteiger partial charge in [0, 0.05) is 23.5 Å². The summed E-state index contributed by atoms with van der Waals surface area (Å²) in [6.07, 6.45) is 1.10. The van der Waals surface area contributed by atoms with Crippen molar-refractivity contribution in [1.82, 2.24) is 4.90 Å². The summed E-state index contributed by atoms with van der Waals surface area (Å²) >= 11 is 0. The maximum absolute atomic E-state index is 12.3. The first kappa shape index (κ1) is 17.0. The minimum absolute atomic E-state index is 0.0743. The summed E-state index contributed by atoms with van der Waals surface area (Å²) in [5, 5.41) is 6.32. The van der Waals surface area contributed by atoms with Gasteiger partial charge in [-0.15, -0.1) is 0 Å². The third kappa shape index (κ3) is 5.42. The summed E-state index contributed by atoms with van der Waals surface area (Å²) < 4.78 is 0. The van der Waals surface area contributed by atoms with E-state index < -0.39 is 0 Å². The minimum atomic E-state index is -0.0743. The van der Waals surface area contributed by atoms with E-state index in [4.69, 9.17) is 0 Å². The summed E-state index contributed by atoms with van der Waals surface area (Å²) in [7, 11) is 4.15. The average Bonchev–Trinajstić information content (AvgIpc) is 2.53. The van der Waals surface area contributed by atoms with Crippen molar-refractivity contribution < 1.29 is 4.79 Å². The van der Waals surface area contributed by atoms with Crippen molar-refractivity contribution in [3.8, 4) is 0 Å². The molecule has 4 heteroatoms. The summed E-state index contributed by atoms with van der Waals surface area (Å²) in [5.41, 5.74) is 3.55. The first-order valence-corrected chi connectivity index (χ1v) is 7.92. The molecule has 0 atom stereocenters. The van der Waals surface area contributed by atoms with Gasteiger partial charge >= 0.3 is 0 Å². The molecule has 2 aromatic rings. The Labute approximate surface area is 138 Å². The van der Waals surface area contributed by atoms with Crippen LogP contribution in [-0.4, -0.2) is 38.0 Å². The summed E-state index contributed by atoms with van der Waals surface area (Å²) in [5.74, 6) is -0.0743. The van der Waals surface area contributed by atoms with Crippen LogP contribution in [0.4, 0.5) is 11.4 Å². The van der Waals surface area contributed by atoms with Gasteiger partial charge in [-0.25, -0.2) is 0 Å². The molecule has 0 saturated heterocycles. The monoisotopic (exact) mass is 311 g/mol.